The molecule has 7 nitrogen and oxygen atoms in total. The minimum Gasteiger partial charge on any atom is -0.507 e. The number of nitrogens with two attached hydrogens (primary N) is 1. The lowest BCUT2D eigenvalue weighted by molar-refractivity contribution is 0.235. The summed E-state index contributed by atoms with van der Waals surface area (Å²) in [6, 6.07) is 11.3. The van der Waals surface area contributed by atoms with Gasteiger partial charge in [0.15, 0.2) is 0 Å². The van der Waals surface area contributed by atoms with Crippen molar-refractivity contribution < 1.29 is 5.11 Å². The third kappa shape index (κ3) is 3.25. The molecule has 2 saturated heterocycles. The van der Waals surface area contributed by atoms with Gasteiger partial charge in [-0.2, -0.15) is 0 Å². The molecule has 7 heteroatoms. The van der Waals surface area contributed by atoms with Crippen LogP contribution in [0.25, 0.3) is 22.3 Å². The Labute approximate surface area is 175 Å². The number of pyridine rings is 2. The lowest BCUT2D eigenvalue weighted by Gasteiger charge is -2.39. The number of phenolic OH excluding ortho intramolecular Hbond substituents is 1. The molecule has 0 amide bonds. The maximum absolute atomic E-state index is 10.4. The highest BCUT2D eigenvalue weighted by atomic mass is 16.3. The first-order chi connectivity index (χ1) is 14.6. The Morgan fingerprint density at radius 3 is 2.73 bits per heavy atom. The summed E-state index contributed by atoms with van der Waals surface area (Å²) < 4.78 is 0. The lowest BCUT2D eigenvalue weighted by Crippen LogP contribution is -2.58. The standard InChI is InChI=1S/C23H26N6O/c1-2-25-13-15-11-16(21(30)12-17(15)24)18-3-4-20-19(27-18)5-6-22(28-20)29-10-8-23(14-29)7-9-26-23/h3-6,11-13,26,30H,2,7-10,14,24H2,1H3. The average Bonchev–Trinajstić information content (AvgIpc) is 3.19. The van der Waals surface area contributed by atoms with Crippen LogP contribution in [0, 0.1) is 0 Å². The Morgan fingerprint density at radius 1 is 1.20 bits per heavy atom. The Balaban J connectivity index is 1.46. The zero-order valence-corrected chi connectivity index (χ0v) is 17.1. The van der Waals surface area contributed by atoms with Crippen LogP contribution in [0.15, 0.2) is 41.4 Å². The van der Waals surface area contributed by atoms with Crippen LogP contribution in [0.1, 0.15) is 25.3 Å². The van der Waals surface area contributed by atoms with Crippen LogP contribution in [0.4, 0.5) is 11.5 Å². The van der Waals surface area contributed by atoms with Gasteiger partial charge < -0.3 is 21.1 Å². The van der Waals surface area contributed by atoms with Crippen molar-refractivity contribution in [2.45, 2.75) is 25.3 Å². The summed E-state index contributed by atoms with van der Waals surface area (Å²) in [6.07, 6.45) is 4.15. The zero-order chi connectivity index (χ0) is 20.7. The summed E-state index contributed by atoms with van der Waals surface area (Å²) in [7, 11) is 0. The number of phenols is 1. The molecule has 2 aromatic heterocycles. The second-order valence-corrected chi connectivity index (χ2v) is 8.16. The molecule has 5 rings (SSSR count). The molecular weight excluding hydrogens is 376 g/mol. The van der Waals surface area contributed by atoms with Crippen molar-refractivity contribution in [3.63, 3.8) is 0 Å². The second kappa shape index (κ2) is 7.25. The third-order valence-corrected chi connectivity index (χ3v) is 6.20. The molecule has 154 valence electrons. The van der Waals surface area contributed by atoms with E-state index in [1.807, 2.05) is 37.3 Å². The molecule has 3 aromatic rings. The number of fused-ring (bicyclic) bond motifs is 1. The van der Waals surface area contributed by atoms with Crippen molar-refractivity contribution in [2.24, 2.45) is 4.99 Å². The van der Waals surface area contributed by atoms with Gasteiger partial charge in [0, 0.05) is 54.3 Å². The number of rotatable bonds is 4. The van der Waals surface area contributed by atoms with Crippen LogP contribution in [0.3, 0.4) is 0 Å². The van der Waals surface area contributed by atoms with Crippen LogP contribution in [0.5, 0.6) is 5.75 Å². The first kappa shape index (κ1) is 18.8. The van der Waals surface area contributed by atoms with Crippen molar-refractivity contribution in [3.05, 3.63) is 42.0 Å². The molecule has 1 unspecified atom stereocenters. The zero-order valence-electron chi connectivity index (χ0n) is 17.1. The Morgan fingerprint density at radius 2 is 2.00 bits per heavy atom. The maximum Gasteiger partial charge on any atom is 0.129 e. The monoisotopic (exact) mass is 402 g/mol. The van der Waals surface area contributed by atoms with Crippen LogP contribution < -0.4 is 16.0 Å². The predicted octanol–water partition coefficient (Wildman–Crippen LogP) is 2.97. The Hall–Kier alpha value is -3.19. The molecule has 0 bridgehead atoms. The highest BCUT2D eigenvalue weighted by molar-refractivity contribution is 5.91. The number of benzene rings is 1. The molecule has 1 spiro atoms. The number of aromatic nitrogens is 2. The normalized spacial score (nSPS) is 21.0. The van der Waals surface area contributed by atoms with Gasteiger partial charge in [0.25, 0.3) is 0 Å². The Bertz CT molecular complexity index is 1140. The van der Waals surface area contributed by atoms with Gasteiger partial charge in [-0.15, -0.1) is 0 Å². The van der Waals surface area contributed by atoms with E-state index in [0.717, 1.165) is 42.0 Å². The van der Waals surface area contributed by atoms with Crippen LogP contribution in [-0.2, 0) is 0 Å². The molecule has 2 aliphatic heterocycles. The van der Waals surface area contributed by atoms with Gasteiger partial charge in [0.05, 0.1) is 16.7 Å². The van der Waals surface area contributed by atoms with Gasteiger partial charge in [-0.25, -0.2) is 9.97 Å². The smallest absolute Gasteiger partial charge is 0.129 e. The Kier molecular flexibility index (Phi) is 4.55. The largest absolute Gasteiger partial charge is 0.507 e. The van der Waals surface area contributed by atoms with Crippen LogP contribution in [0.2, 0.25) is 0 Å². The number of hydrogen-bond donors (Lipinski definition) is 3. The van der Waals surface area contributed by atoms with E-state index in [0.29, 0.717) is 29.0 Å². The van der Waals surface area contributed by atoms with Crippen molar-refractivity contribution >= 4 is 28.8 Å². The molecule has 0 saturated carbocycles. The second-order valence-electron chi connectivity index (χ2n) is 8.16. The minimum atomic E-state index is 0.105. The summed E-state index contributed by atoms with van der Waals surface area (Å²) >= 11 is 0. The third-order valence-electron chi connectivity index (χ3n) is 6.20. The van der Waals surface area contributed by atoms with Gasteiger partial charge in [0.1, 0.15) is 11.6 Å². The SMILES string of the molecule is CCN=Cc1cc(-c2ccc3nc(N4CCC5(CCN5)C4)ccc3n2)c(O)cc1N. The molecule has 2 aliphatic rings. The van der Waals surface area contributed by atoms with E-state index < -0.39 is 0 Å². The van der Waals surface area contributed by atoms with Crippen molar-refractivity contribution in [1.29, 1.82) is 0 Å². The maximum atomic E-state index is 10.4. The van der Waals surface area contributed by atoms with E-state index >= 15 is 0 Å². The van der Waals surface area contributed by atoms with E-state index in [1.165, 1.54) is 12.8 Å². The first-order valence-corrected chi connectivity index (χ1v) is 10.5. The number of nitrogens with one attached hydrogen (secondary N) is 1. The summed E-state index contributed by atoms with van der Waals surface area (Å²) in [5, 5.41) is 14.0. The fraction of sp³-hybridized carbons (Fsp3) is 0.348. The number of aromatic hydroxyl groups is 1. The topological polar surface area (TPSA) is 99.7 Å². The van der Waals surface area contributed by atoms with Gasteiger partial charge in [-0.05, 0) is 56.6 Å². The van der Waals surface area contributed by atoms with Gasteiger partial charge in [0.2, 0.25) is 0 Å². The molecule has 0 aliphatic carbocycles. The van der Waals surface area contributed by atoms with Gasteiger partial charge in [-0.1, -0.05) is 0 Å². The van der Waals surface area contributed by atoms with Crippen molar-refractivity contribution in [3.8, 4) is 17.0 Å². The number of aliphatic imine (C=N–C) groups is 1. The molecule has 2 fully saturated rings. The number of anilines is 2. The van der Waals surface area contributed by atoms with E-state index in [2.05, 4.69) is 15.2 Å². The molecule has 1 atom stereocenters. The summed E-state index contributed by atoms with van der Waals surface area (Å²) in [6.45, 7) is 5.80. The highest BCUT2D eigenvalue weighted by Gasteiger charge is 2.42. The lowest BCUT2D eigenvalue weighted by atomic mass is 9.87. The van der Waals surface area contributed by atoms with Gasteiger partial charge in [-0.3, -0.25) is 4.99 Å². The van der Waals surface area contributed by atoms with E-state index in [-0.39, 0.29) is 5.75 Å². The first-order valence-electron chi connectivity index (χ1n) is 10.5. The number of nitrogens with zero attached hydrogens (tertiary/aromatic N) is 4. The fourth-order valence-electron chi connectivity index (χ4n) is 4.35. The number of nitrogen functional groups attached to an aromatic ring is 1. The summed E-state index contributed by atoms with van der Waals surface area (Å²) in [5.74, 6) is 1.10. The van der Waals surface area contributed by atoms with E-state index in [9.17, 15) is 5.11 Å². The van der Waals surface area contributed by atoms with Crippen LogP contribution in [-0.4, -0.2) is 53.0 Å². The van der Waals surface area contributed by atoms with Crippen molar-refractivity contribution in [2.75, 3.05) is 36.8 Å². The average molecular weight is 403 g/mol. The molecule has 30 heavy (non-hydrogen) atoms. The van der Waals surface area contributed by atoms with Gasteiger partial charge >= 0.3 is 0 Å². The predicted molar refractivity (Wildman–Crippen MR) is 121 cm³/mol. The number of hydrogen-bond acceptors (Lipinski definition) is 7. The van der Waals surface area contributed by atoms with Crippen molar-refractivity contribution in [1.82, 2.24) is 15.3 Å². The molecule has 1 aromatic carbocycles. The fourth-order valence-corrected chi connectivity index (χ4v) is 4.35. The summed E-state index contributed by atoms with van der Waals surface area (Å²) in [4.78, 5) is 16.2. The quantitative estimate of drug-likeness (QED) is 0.458. The molecular formula is C23H26N6O. The summed E-state index contributed by atoms with van der Waals surface area (Å²) in [5.41, 5.74) is 10.5. The van der Waals surface area contributed by atoms with E-state index in [4.69, 9.17) is 15.7 Å². The molecule has 4 N–H and O–H groups in total. The van der Waals surface area contributed by atoms with E-state index in [1.54, 1.807) is 12.3 Å². The highest BCUT2D eigenvalue weighted by Crippen LogP contribution is 2.34. The molecule has 0 radical (unpaired) electrons. The van der Waals surface area contributed by atoms with Crippen LogP contribution >= 0.6 is 0 Å². The molecule has 4 heterocycles. The minimum absolute atomic E-state index is 0.105.